The van der Waals surface area contributed by atoms with Crippen LogP contribution in [0.5, 0.6) is 5.75 Å². The molecular weight excluding hydrogens is 563 g/mol. The molecule has 0 aliphatic carbocycles. The van der Waals surface area contributed by atoms with Gasteiger partial charge in [0.05, 0.1) is 18.8 Å². The number of hydrogen-bond donors (Lipinski definition) is 2. The first-order chi connectivity index (χ1) is 16.2. The average Bonchev–Trinajstić information content (AvgIpc) is 3.26. The van der Waals surface area contributed by atoms with Crippen molar-refractivity contribution in [3.8, 4) is 17.0 Å². The summed E-state index contributed by atoms with van der Waals surface area (Å²) in [6, 6.07) is 17.3. The second kappa shape index (κ2) is 12.2. The van der Waals surface area contributed by atoms with E-state index in [1.54, 1.807) is 20.8 Å². The van der Waals surface area contributed by atoms with E-state index in [0.29, 0.717) is 11.7 Å². The number of ether oxygens (including phenoxy) is 2. The Hall–Kier alpha value is -2.66. The Morgan fingerprint density at radius 2 is 1.85 bits per heavy atom. The van der Waals surface area contributed by atoms with E-state index < -0.39 is 11.7 Å². The molecule has 0 radical (unpaired) electrons. The number of hydrogen-bond acceptors (Lipinski definition) is 6. The van der Waals surface area contributed by atoms with Gasteiger partial charge < -0.3 is 14.8 Å². The molecule has 34 heavy (non-hydrogen) atoms. The standard InChI is InChI=1S/C25H29IN4O3S/c1-25(2,3)33-24(31)30(16-18-8-5-4-6-9-18)22(27)29-23-28-21(17-34-23)19-10-12-20(13-11-19)32-15-7-14-26/h4-6,8-13,17H,7,14-16H2,1-3H3,(H2,27,28,29). The third-order valence-electron chi connectivity index (χ3n) is 4.49. The molecule has 0 aliphatic heterocycles. The van der Waals surface area contributed by atoms with Crippen LogP contribution in [-0.2, 0) is 11.3 Å². The van der Waals surface area contributed by atoms with Crippen LogP contribution in [0.3, 0.4) is 0 Å². The van der Waals surface area contributed by atoms with Crippen LogP contribution in [0.15, 0.2) is 60.0 Å². The Kier molecular flexibility index (Phi) is 9.28. The van der Waals surface area contributed by atoms with Gasteiger partial charge in [-0.15, -0.1) is 11.3 Å². The van der Waals surface area contributed by atoms with Gasteiger partial charge in [-0.1, -0.05) is 52.9 Å². The van der Waals surface area contributed by atoms with Gasteiger partial charge in [0.1, 0.15) is 11.4 Å². The number of nitrogens with one attached hydrogen (secondary N) is 2. The fourth-order valence-corrected chi connectivity index (χ4v) is 3.95. The van der Waals surface area contributed by atoms with E-state index in [-0.39, 0.29) is 12.5 Å². The van der Waals surface area contributed by atoms with Gasteiger partial charge >= 0.3 is 6.09 Å². The summed E-state index contributed by atoms with van der Waals surface area (Å²) in [5, 5.41) is 13.9. The summed E-state index contributed by atoms with van der Waals surface area (Å²) in [5.74, 6) is 0.732. The summed E-state index contributed by atoms with van der Waals surface area (Å²) < 4.78 is 12.3. The summed E-state index contributed by atoms with van der Waals surface area (Å²) in [6.07, 6.45) is 0.420. The Morgan fingerprint density at radius 3 is 2.50 bits per heavy atom. The highest BCUT2D eigenvalue weighted by Gasteiger charge is 2.26. The molecular formula is C25H29IN4O3S. The van der Waals surface area contributed by atoms with E-state index in [0.717, 1.165) is 33.4 Å². The predicted molar refractivity (Wildman–Crippen MR) is 146 cm³/mol. The van der Waals surface area contributed by atoms with Gasteiger partial charge in [0.15, 0.2) is 5.13 Å². The average molecular weight is 593 g/mol. The first-order valence-corrected chi connectivity index (χ1v) is 13.3. The smallest absolute Gasteiger partial charge is 0.417 e. The van der Waals surface area contributed by atoms with Crippen molar-refractivity contribution < 1.29 is 14.3 Å². The molecule has 0 saturated heterocycles. The zero-order valence-corrected chi connectivity index (χ0v) is 22.5. The van der Waals surface area contributed by atoms with Crippen LogP contribution in [0.2, 0.25) is 0 Å². The summed E-state index contributed by atoms with van der Waals surface area (Å²) in [7, 11) is 0. The highest BCUT2D eigenvalue weighted by atomic mass is 127. The minimum atomic E-state index is -0.674. The number of carbonyl (C=O) groups excluding carboxylic acids is 1. The Bertz CT molecular complexity index is 1080. The lowest BCUT2D eigenvalue weighted by molar-refractivity contribution is 0.0358. The second-order valence-corrected chi connectivity index (χ2v) is 10.4. The van der Waals surface area contributed by atoms with Crippen LogP contribution in [0, 0.1) is 5.41 Å². The van der Waals surface area contributed by atoms with Gasteiger partial charge in [-0.2, -0.15) is 0 Å². The van der Waals surface area contributed by atoms with E-state index in [9.17, 15) is 4.79 Å². The van der Waals surface area contributed by atoms with Gasteiger partial charge in [0, 0.05) is 15.4 Å². The van der Waals surface area contributed by atoms with Crippen molar-refractivity contribution in [2.45, 2.75) is 39.3 Å². The maximum atomic E-state index is 12.8. The first kappa shape index (κ1) is 26.0. The highest BCUT2D eigenvalue weighted by Crippen LogP contribution is 2.27. The molecule has 0 atom stereocenters. The Labute approximate surface area is 218 Å². The third-order valence-corrected chi connectivity index (χ3v) is 6.01. The number of anilines is 1. The summed E-state index contributed by atoms with van der Waals surface area (Å²) in [6.45, 7) is 6.31. The largest absolute Gasteiger partial charge is 0.494 e. The monoisotopic (exact) mass is 592 g/mol. The van der Waals surface area contributed by atoms with Crippen molar-refractivity contribution in [2.24, 2.45) is 0 Å². The molecule has 0 saturated carbocycles. The van der Waals surface area contributed by atoms with E-state index in [2.05, 4.69) is 32.9 Å². The molecule has 1 aromatic heterocycles. The van der Waals surface area contributed by atoms with Gasteiger partial charge in [0.2, 0.25) is 5.96 Å². The lowest BCUT2D eigenvalue weighted by Crippen LogP contribution is -2.43. The predicted octanol–water partition coefficient (Wildman–Crippen LogP) is 6.80. The molecule has 1 heterocycles. The first-order valence-electron chi connectivity index (χ1n) is 10.9. The van der Waals surface area contributed by atoms with Crippen molar-refractivity contribution in [1.29, 1.82) is 5.41 Å². The van der Waals surface area contributed by atoms with E-state index >= 15 is 0 Å². The SMILES string of the molecule is CC(C)(C)OC(=O)N(Cc1ccccc1)C(=N)Nc1nc(-c2ccc(OCCCI)cc2)cs1. The fraction of sp³-hybridized carbons (Fsp3) is 0.320. The number of rotatable bonds is 8. The van der Waals surface area contributed by atoms with Gasteiger partial charge in [-0.3, -0.25) is 5.41 Å². The molecule has 3 aromatic rings. The zero-order valence-electron chi connectivity index (χ0n) is 19.5. The number of amides is 1. The fourth-order valence-electron chi connectivity index (χ4n) is 2.92. The van der Waals surface area contributed by atoms with E-state index in [1.165, 1.54) is 16.2 Å². The number of halogens is 1. The van der Waals surface area contributed by atoms with Crippen molar-refractivity contribution in [2.75, 3.05) is 16.4 Å². The molecule has 0 aliphatic rings. The number of aromatic nitrogens is 1. The number of alkyl halides is 1. The number of guanidine groups is 1. The van der Waals surface area contributed by atoms with Gasteiger partial charge in [-0.05, 0) is 57.0 Å². The Balaban J connectivity index is 1.70. The highest BCUT2D eigenvalue weighted by molar-refractivity contribution is 14.1. The number of nitrogens with zero attached hydrogens (tertiary/aromatic N) is 2. The molecule has 7 nitrogen and oxygen atoms in total. The van der Waals surface area contributed by atoms with Crippen LogP contribution in [0.4, 0.5) is 9.93 Å². The quantitative estimate of drug-likeness (QED) is 0.0988. The molecule has 3 rings (SSSR count). The number of thiazole rings is 1. The lowest BCUT2D eigenvalue weighted by atomic mass is 10.2. The van der Waals surface area contributed by atoms with Crippen molar-refractivity contribution in [3.63, 3.8) is 0 Å². The summed E-state index contributed by atoms with van der Waals surface area (Å²) in [4.78, 5) is 18.7. The Morgan fingerprint density at radius 1 is 1.15 bits per heavy atom. The van der Waals surface area contributed by atoms with Gasteiger partial charge in [-0.25, -0.2) is 14.7 Å². The van der Waals surface area contributed by atoms with E-state index in [1.807, 2.05) is 60.0 Å². The van der Waals surface area contributed by atoms with Crippen molar-refractivity contribution >= 4 is 51.1 Å². The minimum absolute atomic E-state index is 0.0991. The zero-order chi connectivity index (χ0) is 24.6. The number of carbonyl (C=O) groups is 1. The van der Waals surface area contributed by atoms with Crippen molar-refractivity contribution in [3.05, 3.63) is 65.5 Å². The van der Waals surface area contributed by atoms with Crippen LogP contribution < -0.4 is 10.1 Å². The molecule has 180 valence electrons. The molecule has 1 amide bonds. The maximum Gasteiger partial charge on any atom is 0.417 e. The summed E-state index contributed by atoms with van der Waals surface area (Å²) in [5.41, 5.74) is 1.95. The molecule has 0 unspecified atom stereocenters. The molecule has 0 fully saturated rings. The second-order valence-electron chi connectivity index (χ2n) is 8.48. The number of benzene rings is 2. The van der Waals surface area contributed by atoms with Gasteiger partial charge in [0.25, 0.3) is 0 Å². The van der Waals surface area contributed by atoms with Crippen LogP contribution in [0.25, 0.3) is 11.3 Å². The molecule has 2 N–H and O–H groups in total. The third kappa shape index (κ3) is 7.98. The van der Waals surface area contributed by atoms with Crippen molar-refractivity contribution in [1.82, 2.24) is 9.88 Å². The maximum absolute atomic E-state index is 12.8. The lowest BCUT2D eigenvalue weighted by Gasteiger charge is -2.27. The molecule has 0 bridgehead atoms. The van der Waals surface area contributed by atoms with Crippen LogP contribution >= 0.6 is 33.9 Å². The van der Waals surface area contributed by atoms with E-state index in [4.69, 9.17) is 14.9 Å². The topological polar surface area (TPSA) is 87.5 Å². The molecule has 2 aromatic carbocycles. The molecule has 9 heteroatoms. The molecule has 0 spiro atoms. The van der Waals surface area contributed by atoms with Crippen LogP contribution in [-0.4, -0.2) is 38.6 Å². The summed E-state index contributed by atoms with van der Waals surface area (Å²) >= 11 is 3.70. The minimum Gasteiger partial charge on any atom is -0.494 e. The van der Waals surface area contributed by atoms with Crippen LogP contribution in [0.1, 0.15) is 32.8 Å². The normalized spacial score (nSPS) is 11.1.